The monoisotopic (exact) mass is 412 g/mol. The van der Waals surface area contributed by atoms with Crippen molar-refractivity contribution >= 4 is 12.1 Å². The number of amides is 1. The first-order valence-electron chi connectivity index (χ1n) is 10.5. The normalized spacial score (nSPS) is 11.9. The molecule has 2 aromatic rings. The van der Waals surface area contributed by atoms with E-state index in [-0.39, 0.29) is 5.91 Å². The molecule has 0 fully saturated rings. The van der Waals surface area contributed by atoms with Crippen LogP contribution in [-0.4, -0.2) is 31.9 Å². The van der Waals surface area contributed by atoms with Crippen molar-refractivity contribution in [1.29, 1.82) is 0 Å². The van der Waals surface area contributed by atoms with E-state index in [0.717, 1.165) is 24.2 Å². The number of benzene rings is 2. The van der Waals surface area contributed by atoms with E-state index in [0.29, 0.717) is 37.2 Å². The topological polar surface area (TPSA) is 69.2 Å². The Hall–Kier alpha value is -3.02. The summed E-state index contributed by atoms with van der Waals surface area (Å²) >= 11 is 0. The maximum atomic E-state index is 10.9. The fraction of sp³-hybridized carbons (Fsp3) is 0.417. The highest BCUT2D eigenvalue weighted by molar-refractivity contribution is 5.82. The van der Waals surface area contributed by atoms with Crippen molar-refractivity contribution in [2.45, 2.75) is 46.5 Å². The lowest BCUT2D eigenvalue weighted by atomic mass is 9.99. The number of hydrogen-bond acceptors (Lipinski definition) is 5. The van der Waals surface area contributed by atoms with Gasteiger partial charge in [-0.15, -0.1) is 0 Å². The highest BCUT2D eigenvalue weighted by atomic mass is 16.5. The van der Waals surface area contributed by atoms with Crippen LogP contribution < -0.4 is 19.6 Å². The Balaban J connectivity index is 1.81. The summed E-state index contributed by atoms with van der Waals surface area (Å²) in [7, 11) is 0. The Morgan fingerprint density at radius 3 is 2.43 bits per heavy atom. The van der Waals surface area contributed by atoms with Crippen LogP contribution >= 0.6 is 0 Å². The van der Waals surface area contributed by atoms with Crippen molar-refractivity contribution in [1.82, 2.24) is 5.43 Å². The van der Waals surface area contributed by atoms with E-state index in [2.05, 4.69) is 36.5 Å². The molecule has 0 saturated carbocycles. The van der Waals surface area contributed by atoms with Gasteiger partial charge in [0.1, 0.15) is 5.75 Å². The van der Waals surface area contributed by atoms with E-state index < -0.39 is 0 Å². The Kier molecular flexibility index (Phi) is 9.71. The van der Waals surface area contributed by atoms with E-state index in [1.807, 2.05) is 37.3 Å². The molecule has 1 N–H and O–H groups in total. The smallest absolute Gasteiger partial charge is 0.236 e. The first kappa shape index (κ1) is 23.3. The molecular formula is C24H32N2O4. The van der Waals surface area contributed by atoms with E-state index in [9.17, 15) is 4.79 Å². The lowest BCUT2D eigenvalue weighted by Gasteiger charge is -2.13. The molecule has 1 unspecified atom stereocenters. The molecule has 0 heterocycles. The quantitative estimate of drug-likeness (QED) is 0.305. The molecule has 0 aromatic heterocycles. The zero-order valence-corrected chi connectivity index (χ0v) is 18.3. The van der Waals surface area contributed by atoms with Gasteiger partial charge in [-0.05, 0) is 60.7 Å². The molecule has 0 bridgehead atoms. The number of carbonyl (C=O) groups excluding carboxylic acids is 1. The molecule has 0 aliphatic heterocycles. The molecular weight excluding hydrogens is 380 g/mol. The van der Waals surface area contributed by atoms with Gasteiger partial charge in [0.05, 0.1) is 26.0 Å². The molecule has 2 aromatic carbocycles. The van der Waals surface area contributed by atoms with Crippen LogP contribution in [0.5, 0.6) is 17.2 Å². The predicted octanol–water partition coefficient (Wildman–Crippen LogP) is 4.92. The first-order valence-corrected chi connectivity index (χ1v) is 10.5. The second kappa shape index (κ2) is 12.5. The third kappa shape index (κ3) is 7.78. The molecule has 30 heavy (non-hydrogen) atoms. The largest absolute Gasteiger partial charge is 0.493 e. The number of hydrogen-bond donors (Lipinski definition) is 1. The highest BCUT2D eigenvalue weighted by Crippen LogP contribution is 2.28. The predicted molar refractivity (Wildman–Crippen MR) is 120 cm³/mol. The third-order valence-electron chi connectivity index (χ3n) is 4.58. The zero-order chi connectivity index (χ0) is 21.8. The average Bonchev–Trinajstić information content (AvgIpc) is 2.74. The molecule has 162 valence electrons. The molecule has 0 aliphatic rings. The van der Waals surface area contributed by atoms with Gasteiger partial charge in [0.25, 0.3) is 0 Å². The van der Waals surface area contributed by atoms with Crippen LogP contribution in [0, 0.1) is 0 Å². The molecule has 6 nitrogen and oxygen atoms in total. The first-order chi connectivity index (χ1) is 14.5. The molecule has 1 amide bonds. The van der Waals surface area contributed by atoms with Gasteiger partial charge in [-0.25, -0.2) is 5.43 Å². The van der Waals surface area contributed by atoms with E-state index in [1.54, 1.807) is 6.21 Å². The lowest BCUT2D eigenvalue weighted by Crippen LogP contribution is -2.12. The molecule has 0 radical (unpaired) electrons. The van der Waals surface area contributed by atoms with Crippen molar-refractivity contribution in [3.63, 3.8) is 0 Å². The maximum absolute atomic E-state index is 10.9. The van der Waals surface area contributed by atoms with Crippen LogP contribution in [-0.2, 0) is 4.79 Å². The van der Waals surface area contributed by atoms with E-state index in [4.69, 9.17) is 14.2 Å². The summed E-state index contributed by atoms with van der Waals surface area (Å²) in [6.45, 7) is 9.37. The van der Waals surface area contributed by atoms with Crippen molar-refractivity contribution in [2.24, 2.45) is 5.10 Å². The zero-order valence-electron chi connectivity index (χ0n) is 18.3. The van der Waals surface area contributed by atoms with Gasteiger partial charge in [-0.3, -0.25) is 4.79 Å². The van der Waals surface area contributed by atoms with Crippen LogP contribution in [0.2, 0.25) is 0 Å². The number of hydrazone groups is 1. The Morgan fingerprint density at radius 2 is 1.77 bits per heavy atom. The number of nitrogens with one attached hydrogen (secondary N) is 1. The van der Waals surface area contributed by atoms with Crippen LogP contribution in [0.15, 0.2) is 47.6 Å². The molecule has 2 rings (SSSR count). The summed E-state index contributed by atoms with van der Waals surface area (Å²) in [6, 6.07) is 13.8. The fourth-order valence-electron chi connectivity index (χ4n) is 2.75. The Bertz CT molecular complexity index is 818. The third-order valence-corrected chi connectivity index (χ3v) is 4.58. The molecule has 0 aliphatic carbocycles. The van der Waals surface area contributed by atoms with Crippen LogP contribution in [0.4, 0.5) is 0 Å². The summed E-state index contributed by atoms with van der Waals surface area (Å²) in [5.41, 5.74) is 4.52. The number of carbonyl (C=O) groups is 1. The van der Waals surface area contributed by atoms with Gasteiger partial charge in [-0.1, -0.05) is 26.0 Å². The van der Waals surface area contributed by atoms with Crippen LogP contribution in [0.1, 0.15) is 57.6 Å². The molecule has 6 heteroatoms. The summed E-state index contributed by atoms with van der Waals surface area (Å²) in [4.78, 5) is 10.9. The number of nitrogens with zero attached hydrogens (tertiary/aromatic N) is 1. The SMILES string of the molecule is CCOc1cc(/C=N/NC(C)=O)ccc1OCCCOc1ccc(C(C)CC)cc1. The summed E-state index contributed by atoms with van der Waals surface area (Å²) in [5.74, 6) is 2.54. The Morgan fingerprint density at radius 1 is 1.03 bits per heavy atom. The second-order valence-corrected chi connectivity index (χ2v) is 6.99. The summed E-state index contributed by atoms with van der Waals surface area (Å²) < 4.78 is 17.3. The van der Waals surface area contributed by atoms with Crippen molar-refractivity contribution in [3.05, 3.63) is 53.6 Å². The number of rotatable bonds is 12. The number of ether oxygens (including phenoxy) is 3. The van der Waals surface area contributed by atoms with Gasteiger partial charge in [0, 0.05) is 13.3 Å². The van der Waals surface area contributed by atoms with Gasteiger partial charge in [-0.2, -0.15) is 5.10 Å². The maximum Gasteiger partial charge on any atom is 0.236 e. The highest BCUT2D eigenvalue weighted by Gasteiger charge is 2.07. The minimum absolute atomic E-state index is 0.218. The van der Waals surface area contributed by atoms with Gasteiger partial charge >= 0.3 is 0 Å². The van der Waals surface area contributed by atoms with E-state index >= 15 is 0 Å². The summed E-state index contributed by atoms with van der Waals surface area (Å²) in [5, 5.41) is 3.87. The average molecular weight is 413 g/mol. The Labute approximate surface area is 179 Å². The van der Waals surface area contributed by atoms with Crippen molar-refractivity contribution in [2.75, 3.05) is 19.8 Å². The van der Waals surface area contributed by atoms with Gasteiger partial charge in [0.15, 0.2) is 11.5 Å². The van der Waals surface area contributed by atoms with Gasteiger partial charge in [0.2, 0.25) is 5.91 Å². The van der Waals surface area contributed by atoms with Crippen LogP contribution in [0.25, 0.3) is 0 Å². The minimum atomic E-state index is -0.218. The van der Waals surface area contributed by atoms with Gasteiger partial charge < -0.3 is 14.2 Å². The van der Waals surface area contributed by atoms with Crippen molar-refractivity contribution in [3.8, 4) is 17.2 Å². The van der Waals surface area contributed by atoms with E-state index in [1.165, 1.54) is 12.5 Å². The lowest BCUT2D eigenvalue weighted by molar-refractivity contribution is -0.118. The van der Waals surface area contributed by atoms with Crippen LogP contribution in [0.3, 0.4) is 0 Å². The van der Waals surface area contributed by atoms with Crippen molar-refractivity contribution < 1.29 is 19.0 Å². The summed E-state index contributed by atoms with van der Waals surface area (Å²) in [6.07, 6.45) is 3.45. The standard InChI is InChI=1S/C24H32N2O4/c1-5-18(3)21-9-11-22(12-10-21)29-14-7-15-30-23-13-8-20(16-24(23)28-6-2)17-25-26-19(4)27/h8-13,16-18H,5-7,14-15H2,1-4H3,(H,26,27)/b25-17+. The molecule has 0 saturated heterocycles. The minimum Gasteiger partial charge on any atom is -0.493 e. The molecule has 0 spiro atoms. The molecule has 1 atom stereocenters. The second-order valence-electron chi connectivity index (χ2n) is 6.99. The fourth-order valence-corrected chi connectivity index (χ4v) is 2.75.